The molecule has 6 rings (SSSR count). The number of anilines is 2. The number of amides is 4. The molecule has 3 aliphatic rings. The number of ether oxygens (including phenoxy) is 1. The highest BCUT2D eigenvalue weighted by Crippen LogP contribution is 2.40. The Bertz CT molecular complexity index is 1950. The number of thioether (sulfide) groups is 1. The van der Waals surface area contributed by atoms with Crippen LogP contribution in [0.3, 0.4) is 0 Å². The highest BCUT2D eigenvalue weighted by molar-refractivity contribution is 8.00. The molecule has 2 fully saturated rings. The summed E-state index contributed by atoms with van der Waals surface area (Å²) in [5, 5.41) is 20.1. The summed E-state index contributed by atoms with van der Waals surface area (Å²) >= 11 is 2.41. The summed E-state index contributed by atoms with van der Waals surface area (Å²) in [6, 6.07) is 6.71. The summed E-state index contributed by atoms with van der Waals surface area (Å²) in [6.07, 6.45) is 2.13. The molecular weight excluding hydrogens is 696 g/mol. The van der Waals surface area contributed by atoms with E-state index in [2.05, 4.69) is 20.8 Å². The first-order valence-electron chi connectivity index (χ1n) is 15.0. The van der Waals surface area contributed by atoms with Gasteiger partial charge in [-0.25, -0.2) is 23.5 Å². The molecule has 2 aromatic heterocycles. The number of pyridine rings is 1. The highest BCUT2D eigenvalue weighted by Gasteiger charge is 2.55. The van der Waals surface area contributed by atoms with Crippen LogP contribution in [0.5, 0.6) is 0 Å². The third-order valence-electron chi connectivity index (χ3n) is 7.99. The number of halogens is 1. The van der Waals surface area contributed by atoms with E-state index >= 15 is 4.39 Å². The Balaban J connectivity index is 1.12. The quantitative estimate of drug-likeness (QED) is 0.0951. The van der Waals surface area contributed by atoms with E-state index in [1.807, 2.05) is 0 Å². The highest BCUT2D eigenvalue weighted by atomic mass is 32.2. The lowest BCUT2D eigenvalue weighted by Gasteiger charge is -2.49. The van der Waals surface area contributed by atoms with E-state index in [1.54, 1.807) is 41.2 Å². The standard InChI is InChI=1S/C31H29FN8O8S2/c1-15(41)34-10-19-12-39(31(46)48-19)18-3-4-20(21(32)9-18)16-5-7-38(8-6-16)11-17-13-49-28-24(27(43)40(28)25(17)29(44)45)36-26(42)23(37-47-2)22-14-50-30(33)35-22/h3-9,14,19,24,28H,10-13H2,1-2H3,(H4-,33,34,35,36,41,42,44,45)/p+1/b37-23-/t19-,24+,28?/m0/s1. The number of cyclic esters (lactones) is 1. The lowest BCUT2D eigenvalue weighted by molar-refractivity contribution is -0.689. The fourth-order valence-electron chi connectivity index (χ4n) is 5.67. The molecule has 3 aromatic rings. The molecule has 16 nitrogen and oxygen atoms in total. The Morgan fingerprint density at radius 3 is 2.64 bits per heavy atom. The number of carboxylic acid groups (broad SMARTS) is 1. The van der Waals surface area contributed by atoms with E-state index in [4.69, 9.17) is 15.3 Å². The van der Waals surface area contributed by atoms with E-state index in [0.29, 0.717) is 16.8 Å². The second-order valence-electron chi connectivity index (χ2n) is 11.3. The van der Waals surface area contributed by atoms with Gasteiger partial charge in [0.15, 0.2) is 29.8 Å². The zero-order valence-electron chi connectivity index (χ0n) is 26.5. The normalized spacial score (nSPS) is 20.2. The zero-order chi connectivity index (χ0) is 35.7. The van der Waals surface area contributed by atoms with Gasteiger partial charge >= 0.3 is 12.1 Å². The molecule has 2 saturated heterocycles. The van der Waals surface area contributed by atoms with Gasteiger partial charge in [0.05, 0.1) is 18.8 Å². The lowest BCUT2D eigenvalue weighted by Crippen LogP contribution is -2.71. The van der Waals surface area contributed by atoms with Gasteiger partial charge in [-0.15, -0.1) is 23.1 Å². The van der Waals surface area contributed by atoms with Crippen LogP contribution >= 0.6 is 23.1 Å². The number of fused-ring (bicyclic) bond motifs is 1. The molecule has 3 atom stereocenters. The van der Waals surface area contributed by atoms with Crippen LogP contribution in [-0.2, 0) is 35.3 Å². The predicted octanol–water partition coefficient (Wildman–Crippen LogP) is 1.07. The molecule has 0 aliphatic carbocycles. The van der Waals surface area contributed by atoms with Gasteiger partial charge < -0.3 is 31.0 Å². The SMILES string of the molecule is CO/N=C(\C(=O)N[C@@H]1C(=O)N2C(C(=O)O)=C(C[n+]3ccc(-c4ccc(N5C[C@H](CNC(C)=O)OC5=O)cc4F)cc3)CSC12)c1csc(N)n1. The minimum absolute atomic E-state index is 0.135. The van der Waals surface area contributed by atoms with Gasteiger partial charge in [0.25, 0.3) is 11.8 Å². The fraction of sp³-hybridized carbons (Fsp3) is 0.290. The van der Waals surface area contributed by atoms with Gasteiger partial charge in [-0.05, 0) is 23.8 Å². The van der Waals surface area contributed by atoms with Crippen molar-refractivity contribution in [2.24, 2.45) is 5.16 Å². The fourth-order valence-corrected chi connectivity index (χ4v) is 7.55. The van der Waals surface area contributed by atoms with E-state index in [0.717, 1.165) is 16.2 Å². The molecular formula is C31H30FN8O8S2+. The number of carbonyl (C=O) groups excluding carboxylic acids is 4. The number of hydrogen-bond acceptors (Lipinski definition) is 12. The van der Waals surface area contributed by atoms with Crippen molar-refractivity contribution in [2.45, 2.75) is 31.0 Å². The number of carbonyl (C=O) groups is 5. The first kappa shape index (κ1) is 34.3. The number of carboxylic acids is 1. The number of rotatable bonds is 11. The zero-order valence-corrected chi connectivity index (χ0v) is 28.1. The number of aromatic nitrogens is 2. The molecule has 1 aromatic carbocycles. The van der Waals surface area contributed by atoms with Crippen molar-refractivity contribution in [3.05, 3.63) is 70.9 Å². The van der Waals surface area contributed by atoms with Crippen molar-refractivity contribution in [2.75, 3.05) is 36.6 Å². The van der Waals surface area contributed by atoms with E-state index in [-0.39, 0.29) is 59.1 Å². The van der Waals surface area contributed by atoms with Crippen LogP contribution in [0.1, 0.15) is 12.6 Å². The van der Waals surface area contributed by atoms with Crippen LogP contribution in [-0.4, -0.2) is 94.0 Å². The molecule has 50 heavy (non-hydrogen) atoms. The monoisotopic (exact) mass is 725 g/mol. The third kappa shape index (κ3) is 6.81. The molecule has 4 amide bonds. The molecule has 0 radical (unpaired) electrons. The Hall–Kier alpha value is -5.56. The van der Waals surface area contributed by atoms with E-state index in [9.17, 15) is 29.1 Å². The maximum absolute atomic E-state index is 15.3. The Morgan fingerprint density at radius 2 is 2.00 bits per heavy atom. The topological polar surface area (TPSA) is 210 Å². The number of nitrogens with one attached hydrogen (secondary N) is 2. The minimum atomic E-state index is -1.29. The van der Waals surface area contributed by atoms with Crippen molar-refractivity contribution < 1.29 is 47.6 Å². The molecule has 5 heterocycles. The van der Waals surface area contributed by atoms with Crippen LogP contribution in [0.2, 0.25) is 0 Å². The molecule has 1 unspecified atom stereocenters. The number of β-lactam (4-membered cyclic amide) rings is 1. The van der Waals surface area contributed by atoms with E-state index in [1.165, 1.54) is 42.1 Å². The lowest BCUT2D eigenvalue weighted by atomic mass is 10.0. The summed E-state index contributed by atoms with van der Waals surface area (Å²) in [7, 11) is 1.26. The molecule has 19 heteroatoms. The van der Waals surface area contributed by atoms with Gasteiger partial charge in [0.2, 0.25) is 5.91 Å². The number of hydrogen-bond donors (Lipinski definition) is 4. The smallest absolute Gasteiger partial charge is 0.414 e. The number of aliphatic carboxylic acids is 1. The molecule has 0 bridgehead atoms. The summed E-state index contributed by atoms with van der Waals surface area (Å²) in [5.41, 5.74) is 7.10. The Kier molecular flexibility index (Phi) is 9.69. The third-order valence-corrected chi connectivity index (χ3v) is 10.0. The average molecular weight is 726 g/mol. The predicted molar refractivity (Wildman–Crippen MR) is 178 cm³/mol. The summed E-state index contributed by atoms with van der Waals surface area (Å²) in [4.78, 5) is 73.4. The van der Waals surface area contributed by atoms with Crippen molar-refractivity contribution in [3.8, 4) is 11.1 Å². The maximum atomic E-state index is 15.3. The molecule has 3 aliphatic heterocycles. The Morgan fingerprint density at radius 1 is 1.24 bits per heavy atom. The second-order valence-corrected chi connectivity index (χ2v) is 13.3. The van der Waals surface area contributed by atoms with Crippen LogP contribution in [0.15, 0.2) is 64.5 Å². The average Bonchev–Trinajstić information content (AvgIpc) is 3.69. The second kappa shape index (κ2) is 14.1. The number of nitrogens with two attached hydrogens (primary N) is 1. The first-order chi connectivity index (χ1) is 23.9. The largest absolute Gasteiger partial charge is 0.477 e. The number of nitrogens with zero attached hydrogens (tertiary/aromatic N) is 5. The molecule has 0 saturated carbocycles. The summed E-state index contributed by atoms with van der Waals surface area (Å²) in [5.74, 6) is -3.17. The van der Waals surface area contributed by atoms with Gasteiger partial charge in [-0.3, -0.25) is 24.2 Å². The van der Waals surface area contributed by atoms with Crippen LogP contribution in [0.4, 0.5) is 20.0 Å². The first-order valence-corrected chi connectivity index (χ1v) is 16.9. The van der Waals surface area contributed by atoms with Crippen molar-refractivity contribution >= 4 is 69.4 Å². The molecule has 0 spiro atoms. The number of oxime groups is 1. The summed E-state index contributed by atoms with van der Waals surface area (Å²) in [6.45, 7) is 1.80. The summed E-state index contributed by atoms with van der Waals surface area (Å²) < 4.78 is 22.3. The van der Waals surface area contributed by atoms with Gasteiger partial charge in [0, 0.05) is 41.3 Å². The number of thiazole rings is 1. The maximum Gasteiger partial charge on any atom is 0.414 e. The van der Waals surface area contributed by atoms with E-state index < -0.39 is 47.2 Å². The number of nitrogen functional groups attached to an aromatic ring is 1. The van der Waals surface area contributed by atoms with Crippen LogP contribution in [0, 0.1) is 5.82 Å². The minimum Gasteiger partial charge on any atom is -0.477 e. The van der Waals surface area contributed by atoms with Gasteiger partial charge in [-0.1, -0.05) is 5.16 Å². The molecule has 260 valence electrons. The van der Waals surface area contributed by atoms with Crippen molar-refractivity contribution in [1.29, 1.82) is 0 Å². The van der Waals surface area contributed by atoms with Crippen LogP contribution < -0.4 is 25.8 Å². The van der Waals surface area contributed by atoms with Gasteiger partial charge in [0.1, 0.15) is 41.8 Å². The number of benzene rings is 1. The van der Waals surface area contributed by atoms with Crippen molar-refractivity contribution in [3.63, 3.8) is 0 Å². The Labute approximate surface area is 291 Å². The van der Waals surface area contributed by atoms with Gasteiger partial charge in [-0.2, -0.15) is 0 Å². The van der Waals surface area contributed by atoms with Crippen molar-refractivity contribution in [1.82, 2.24) is 20.5 Å². The van der Waals surface area contributed by atoms with Crippen LogP contribution in [0.25, 0.3) is 11.1 Å². The molecule has 5 N–H and O–H groups in total.